The highest BCUT2D eigenvalue weighted by Gasteiger charge is 2.31. The van der Waals surface area contributed by atoms with E-state index in [2.05, 4.69) is 0 Å². The van der Waals surface area contributed by atoms with E-state index in [1.165, 1.54) is 12.1 Å². The molecule has 11 aromatic rings. The van der Waals surface area contributed by atoms with Crippen LogP contribution in [-0.4, -0.2) is 70.6 Å². The Kier molecular flexibility index (Phi) is 8.60. The van der Waals surface area contributed by atoms with Crippen LogP contribution in [0.15, 0.2) is 138 Å². The highest BCUT2D eigenvalue weighted by molar-refractivity contribution is 6.20. The van der Waals surface area contributed by atoms with E-state index in [-0.39, 0.29) is 22.0 Å². The monoisotopic (exact) mass is 876 g/mol. The molecule has 0 aliphatic rings. The number of hydrogen-bond donors (Lipinski definition) is 10. The lowest BCUT2D eigenvalue weighted by Crippen LogP contribution is -2.00. The number of fused-ring (bicyclic) bond motifs is 6. The molecule has 15 nitrogen and oxygen atoms in total. The highest BCUT2D eigenvalue weighted by atomic mass is 16.4. The van der Waals surface area contributed by atoms with Gasteiger partial charge in [0.05, 0.1) is 38.8 Å². The zero-order valence-electron chi connectivity index (χ0n) is 33.9. The van der Waals surface area contributed by atoms with Crippen molar-refractivity contribution >= 4 is 43.7 Å². The number of phenolic OH excluding ortho intramolecular Hbond substituents is 10. The Hall–Kier alpha value is -9.63. The minimum Gasteiger partial charge on any atom is -0.504 e. The average molecular weight is 877 g/mol. The number of rotatable bonds is 6. The molecule has 0 atom stereocenters. The number of aromatic nitrogens is 4. The Balaban J connectivity index is 1.24. The van der Waals surface area contributed by atoms with Gasteiger partial charge in [-0.05, 0) is 42.0 Å². The second-order valence-corrected chi connectivity index (χ2v) is 15.5. The van der Waals surface area contributed by atoms with Crippen LogP contribution in [0, 0.1) is 0 Å². The van der Waals surface area contributed by atoms with Crippen molar-refractivity contribution in [2.45, 2.75) is 0 Å². The van der Waals surface area contributed by atoms with Crippen LogP contribution in [0.25, 0.3) is 106 Å². The van der Waals surface area contributed by atoms with Gasteiger partial charge in [-0.25, -0.2) is 15.0 Å². The second-order valence-electron chi connectivity index (χ2n) is 15.5. The van der Waals surface area contributed by atoms with Crippen LogP contribution >= 0.6 is 0 Å². The van der Waals surface area contributed by atoms with Crippen LogP contribution < -0.4 is 0 Å². The summed E-state index contributed by atoms with van der Waals surface area (Å²) in [5.41, 5.74) is 2.93. The number of furan rings is 1. The normalized spacial score (nSPS) is 11.6. The zero-order valence-corrected chi connectivity index (χ0v) is 33.9. The number of para-hydroxylation sites is 2. The van der Waals surface area contributed by atoms with E-state index in [4.69, 9.17) is 19.4 Å². The van der Waals surface area contributed by atoms with Crippen molar-refractivity contribution in [3.63, 3.8) is 0 Å². The van der Waals surface area contributed by atoms with E-state index in [0.717, 1.165) is 11.1 Å². The van der Waals surface area contributed by atoms with Gasteiger partial charge < -0.3 is 60.0 Å². The summed E-state index contributed by atoms with van der Waals surface area (Å²) in [6.45, 7) is 0. The van der Waals surface area contributed by atoms with Gasteiger partial charge in [0.15, 0.2) is 40.5 Å². The molecule has 3 heterocycles. The molecule has 0 fully saturated rings. The number of nitrogens with zero attached hydrogens (tertiary/aromatic N) is 4. The van der Waals surface area contributed by atoms with E-state index in [9.17, 15) is 51.1 Å². The molecule has 0 unspecified atom stereocenters. The van der Waals surface area contributed by atoms with Crippen LogP contribution in [0.1, 0.15) is 0 Å². The molecule has 15 heteroatoms. The summed E-state index contributed by atoms with van der Waals surface area (Å²) in [5.74, 6) is -9.97. The molecule has 3 aromatic heterocycles. The van der Waals surface area contributed by atoms with Crippen LogP contribution in [0.4, 0.5) is 0 Å². The maximum absolute atomic E-state index is 11.4. The molecule has 0 aliphatic heterocycles. The molecule has 0 radical (unpaired) electrons. The molecule has 8 aromatic carbocycles. The number of phenols is 10. The van der Waals surface area contributed by atoms with Crippen molar-refractivity contribution in [3.05, 3.63) is 133 Å². The summed E-state index contributed by atoms with van der Waals surface area (Å²) in [6.07, 6.45) is 0. The van der Waals surface area contributed by atoms with Crippen molar-refractivity contribution in [1.82, 2.24) is 19.5 Å². The Bertz CT molecular complexity index is 3710. The van der Waals surface area contributed by atoms with E-state index in [0.29, 0.717) is 61.6 Å². The van der Waals surface area contributed by atoms with E-state index >= 15 is 0 Å². The Labute approximate surface area is 370 Å². The van der Waals surface area contributed by atoms with Gasteiger partial charge in [0.1, 0.15) is 11.2 Å². The fourth-order valence-corrected chi connectivity index (χ4v) is 8.72. The van der Waals surface area contributed by atoms with Gasteiger partial charge in [0, 0.05) is 32.8 Å². The molecule has 0 bridgehead atoms. The summed E-state index contributed by atoms with van der Waals surface area (Å²) in [5, 5.41) is 111. The Morgan fingerprint density at radius 1 is 0.364 bits per heavy atom. The van der Waals surface area contributed by atoms with Crippen molar-refractivity contribution in [2.24, 2.45) is 0 Å². The van der Waals surface area contributed by atoms with Crippen LogP contribution in [0.5, 0.6) is 57.5 Å². The van der Waals surface area contributed by atoms with Crippen LogP contribution in [0.2, 0.25) is 0 Å². The van der Waals surface area contributed by atoms with Crippen LogP contribution in [0.3, 0.4) is 0 Å². The molecule has 11 rings (SSSR count). The Morgan fingerprint density at radius 3 is 1.47 bits per heavy atom. The first kappa shape index (κ1) is 39.2. The summed E-state index contributed by atoms with van der Waals surface area (Å²) < 4.78 is 8.53. The van der Waals surface area contributed by atoms with Gasteiger partial charge in [-0.15, -0.1) is 0 Å². The van der Waals surface area contributed by atoms with E-state index < -0.39 is 68.6 Å². The summed E-state index contributed by atoms with van der Waals surface area (Å²) in [4.78, 5) is 14.7. The molecular weight excluding hydrogens is 845 g/mol. The number of hydrogen-bond acceptors (Lipinski definition) is 14. The van der Waals surface area contributed by atoms with Gasteiger partial charge >= 0.3 is 0 Å². The minimum absolute atomic E-state index is 0.117. The summed E-state index contributed by atoms with van der Waals surface area (Å²) in [6, 6.07) is 39.8. The standard InChI is InChI=1S/C51H32N4O11/c56-38-34(39(57)43(61)46(64)42(38)60)25-21-29(37-40(58)44(62)47(65)45(63)41(37)59)35-26-15-7-8-18-30(26)55(32(35)22-25)31-19-10-20-33-36(31)27-16-9-17-28(48(27)66-33)51-53-49(23-11-3-1-4-12-23)52-50(54-51)24-13-5-2-6-14-24/h1-22,56-65H. The lowest BCUT2D eigenvalue weighted by Gasteiger charge is -2.17. The van der Waals surface area contributed by atoms with Crippen molar-refractivity contribution < 1.29 is 55.5 Å². The van der Waals surface area contributed by atoms with Crippen molar-refractivity contribution in [3.8, 4) is 120 Å². The van der Waals surface area contributed by atoms with Gasteiger partial charge in [0.2, 0.25) is 34.5 Å². The molecule has 66 heavy (non-hydrogen) atoms. The molecule has 0 amide bonds. The van der Waals surface area contributed by atoms with Crippen molar-refractivity contribution in [1.29, 1.82) is 0 Å². The summed E-state index contributed by atoms with van der Waals surface area (Å²) >= 11 is 0. The fourth-order valence-electron chi connectivity index (χ4n) is 8.72. The third-order valence-corrected chi connectivity index (χ3v) is 11.8. The minimum atomic E-state index is -1.20. The van der Waals surface area contributed by atoms with Gasteiger partial charge in [-0.1, -0.05) is 97.1 Å². The number of aromatic hydroxyl groups is 10. The summed E-state index contributed by atoms with van der Waals surface area (Å²) in [7, 11) is 0. The Morgan fingerprint density at radius 2 is 0.864 bits per heavy atom. The molecule has 0 saturated heterocycles. The zero-order chi connectivity index (χ0) is 45.7. The largest absolute Gasteiger partial charge is 0.504 e. The first-order valence-corrected chi connectivity index (χ1v) is 20.2. The third-order valence-electron chi connectivity index (χ3n) is 11.8. The third kappa shape index (κ3) is 5.66. The maximum Gasteiger partial charge on any atom is 0.208 e. The predicted molar refractivity (Wildman–Crippen MR) is 245 cm³/mol. The smallest absolute Gasteiger partial charge is 0.208 e. The molecule has 0 saturated carbocycles. The number of benzene rings is 8. The molecule has 0 aliphatic carbocycles. The molecule has 10 N–H and O–H groups in total. The predicted octanol–water partition coefficient (Wildman–Crippen LogP) is 10.3. The van der Waals surface area contributed by atoms with Gasteiger partial charge in [-0.2, -0.15) is 0 Å². The lowest BCUT2D eigenvalue weighted by atomic mass is 9.91. The van der Waals surface area contributed by atoms with Crippen molar-refractivity contribution in [2.75, 3.05) is 0 Å². The second kappa shape index (κ2) is 14.5. The van der Waals surface area contributed by atoms with Gasteiger partial charge in [0.25, 0.3) is 0 Å². The molecule has 0 spiro atoms. The highest BCUT2D eigenvalue weighted by Crippen LogP contribution is 2.59. The maximum atomic E-state index is 11.4. The van der Waals surface area contributed by atoms with Crippen LogP contribution in [-0.2, 0) is 0 Å². The first-order valence-electron chi connectivity index (χ1n) is 20.2. The fraction of sp³-hybridized carbons (Fsp3) is 0. The first-order chi connectivity index (χ1) is 31.9. The molecule has 322 valence electrons. The molecular formula is C51H32N4O11. The van der Waals surface area contributed by atoms with E-state index in [1.807, 2.05) is 89.5 Å². The SMILES string of the molecule is Oc1c(O)c(O)c(-c2cc(-c3c(O)c(O)c(O)c(O)c3O)c3c4ccccc4n(-c4cccc5oc6c(-c7nc(-c8ccccc8)nc(-c8ccccc8)n7)cccc6c45)c3c2)c(O)c1O. The van der Waals surface area contributed by atoms with Gasteiger partial charge in [-0.3, -0.25) is 0 Å². The lowest BCUT2D eigenvalue weighted by molar-refractivity contribution is 0.330. The average Bonchev–Trinajstić information content (AvgIpc) is 3.90. The van der Waals surface area contributed by atoms with E-state index in [1.54, 1.807) is 36.4 Å². The quantitative estimate of drug-likeness (QED) is 0.0551. The topological polar surface area (TPSA) is 259 Å².